The first-order valence-electron chi connectivity index (χ1n) is 17.0. The highest BCUT2D eigenvalue weighted by Gasteiger charge is 2.20. The summed E-state index contributed by atoms with van der Waals surface area (Å²) in [6.07, 6.45) is 3.72. The van der Waals surface area contributed by atoms with Gasteiger partial charge in [-0.25, -0.2) is 0 Å². The monoisotopic (exact) mass is 655 g/mol. The Hall–Kier alpha value is -6.98. The third-order valence-corrected chi connectivity index (χ3v) is 9.62. The molecule has 240 valence electrons. The Morgan fingerprint density at radius 3 is 1.76 bits per heavy atom. The molecule has 51 heavy (non-hydrogen) atoms. The number of para-hydroxylation sites is 3. The van der Waals surface area contributed by atoms with E-state index in [9.17, 15) is 0 Å². The van der Waals surface area contributed by atoms with Gasteiger partial charge in [0.1, 0.15) is 22.4 Å². The molecule has 0 radical (unpaired) electrons. The van der Waals surface area contributed by atoms with E-state index in [1.54, 1.807) is 0 Å². The predicted octanol–water partition coefficient (Wildman–Crippen LogP) is 12.7. The molecule has 0 amide bonds. The smallest absolute Gasteiger partial charge is 0.161 e. The van der Waals surface area contributed by atoms with E-state index < -0.39 is 0 Å². The van der Waals surface area contributed by atoms with E-state index in [2.05, 4.69) is 125 Å². The topological polar surface area (TPSA) is 55.3 Å². The third-order valence-electron chi connectivity index (χ3n) is 9.62. The molecular formula is C46H29N3O2. The van der Waals surface area contributed by atoms with Crippen LogP contribution in [0.2, 0.25) is 0 Å². The molecule has 4 heterocycles. The van der Waals surface area contributed by atoms with Crippen molar-refractivity contribution in [3.63, 3.8) is 0 Å². The van der Waals surface area contributed by atoms with Gasteiger partial charge < -0.3 is 13.7 Å². The van der Waals surface area contributed by atoms with E-state index in [-0.39, 0.29) is 0 Å². The molecule has 0 saturated carbocycles. The second-order valence-electron chi connectivity index (χ2n) is 12.6. The Labute approximate surface area is 293 Å². The van der Waals surface area contributed by atoms with Crippen LogP contribution in [0.25, 0.3) is 77.5 Å². The molecule has 0 aliphatic heterocycles. The fourth-order valence-corrected chi connectivity index (χ4v) is 7.21. The minimum atomic E-state index is 0.793. The lowest BCUT2D eigenvalue weighted by molar-refractivity contribution is 0.668. The molecule has 6 aromatic carbocycles. The van der Waals surface area contributed by atoms with E-state index in [4.69, 9.17) is 13.8 Å². The van der Waals surface area contributed by atoms with E-state index in [0.717, 1.165) is 94.6 Å². The summed E-state index contributed by atoms with van der Waals surface area (Å²) in [5.41, 5.74) is 13.5. The number of furan rings is 2. The predicted molar refractivity (Wildman–Crippen MR) is 208 cm³/mol. The van der Waals surface area contributed by atoms with Crippen LogP contribution in [0.3, 0.4) is 0 Å². The van der Waals surface area contributed by atoms with Gasteiger partial charge in [-0.1, -0.05) is 103 Å². The molecule has 10 aromatic rings. The number of fused-ring (bicyclic) bond motifs is 6. The lowest BCUT2D eigenvalue weighted by Gasteiger charge is -2.28. The van der Waals surface area contributed by atoms with Crippen LogP contribution in [-0.2, 0) is 0 Å². The van der Waals surface area contributed by atoms with Crippen LogP contribution in [0.15, 0.2) is 185 Å². The summed E-state index contributed by atoms with van der Waals surface area (Å²) in [6, 6.07) is 56.6. The standard InChI is InChI=1S/C46H29N3O2/c1-2-10-30(11-3-1)35-12-4-7-15-40(35)49(33-22-18-31(19-23-33)36-26-28-48-44-39-14-6-9-17-42(39)51-45(36)44)34-24-20-32(21-25-34)43-46-38(27-29-47-43)37-13-5-8-16-41(37)50-46/h1-29H. The summed E-state index contributed by atoms with van der Waals surface area (Å²) in [5, 5.41) is 3.17. The molecule has 5 heteroatoms. The number of hydrogen-bond donors (Lipinski definition) is 0. The van der Waals surface area contributed by atoms with Crippen molar-refractivity contribution in [2.45, 2.75) is 0 Å². The zero-order valence-corrected chi connectivity index (χ0v) is 27.4. The second kappa shape index (κ2) is 11.9. The maximum atomic E-state index is 6.33. The highest BCUT2D eigenvalue weighted by Crippen LogP contribution is 2.43. The van der Waals surface area contributed by atoms with Crippen molar-refractivity contribution in [2.24, 2.45) is 0 Å². The molecule has 0 unspecified atom stereocenters. The van der Waals surface area contributed by atoms with Gasteiger partial charge >= 0.3 is 0 Å². The molecule has 0 saturated heterocycles. The van der Waals surface area contributed by atoms with Crippen molar-refractivity contribution in [2.75, 3.05) is 4.90 Å². The van der Waals surface area contributed by atoms with Gasteiger partial charge in [0.15, 0.2) is 11.2 Å². The normalized spacial score (nSPS) is 11.5. The first-order valence-corrected chi connectivity index (χ1v) is 17.0. The Bertz CT molecular complexity index is 2700. The number of aromatic nitrogens is 2. The number of anilines is 3. The van der Waals surface area contributed by atoms with Crippen LogP contribution in [0.5, 0.6) is 0 Å². The zero-order valence-electron chi connectivity index (χ0n) is 27.4. The van der Waals surface area contributed by atoms with Crippen molar-refractivity contribution in [3.05, 3.63) is 176 Å². The molecule has 0 N–H and O–H groups in total. The van der Waals surface area contributed by atoms with E-state index in [1.807, 2.05) is 60.9 Å². The zero-order chi connectivity index (χ0) is 33.7. The summed E-state index contributed by atoms with van der Waals surface area (Å²) >= 11 is 0. The van der Waals surface area contributed by atoms with Gasteiger partial charge in [-0.2, -0.15) is 0 Å². The molecule has 0 bridgehead atoms. The average Bonchev–Trinajstić information content (AvgIpc) is 3.78. The highest BCUT2D eigenvalue weighted by atomic mass is 16.3. The molecule has 0 fully saturated rings. The SMILES string of the molecule is c1ccc(-c2ccccc2N(c2ccc(-c3nccc4c3oc3ccccc34)cc2)c2ccc(-c3ccnc4c3oc3ccccc34)cc2)cc1. The van der Waals surface area contributed by atoms with Crippen molar-refractivity contribution in [1.29, 1.82) is 0 Å². The molecule has 0 atom stereocenters. The average molecular weight is 656 g/mol. The summed E-state index contributed by atoms with van der Waals surface area (Å²) in [5.74, 6) is 0. The Morgan fingerprint density at radius 1 is 0.392 bits per heavy atom. The van der Waals surface area contributed by atoms with Crippen molar-refractivity contribution >= 4 is 61.1 Å². The summed E-state index contributed by atoms with van der Waals surface area (Å²) in [7, 11) is 0. The Balaban J connectivity index is 1.10. The summed E-state index contributed by atoms with van der Waals surface area (Å²) in [6.45, 7) is 0. The van der Waals surface area contributed by atoms with Crippen LogP contribution in [0.1, 0.15) is 0 Å². The number of pyridine rings is 2. The lowest BCUT2D eigenvalue weighted by atomic mass is 10.0. The molecule has 5 nitrogen and oxygen atoms in total. The fraction of sp³-hybridized carbons (Fsp3) is 0. The van der Waals surface area contributed by atoms with Crippen molar-refractivity contribution < 1.29 is 8.83 Å². The van der Waals surface area contributed by atoms with Gasteiger partial charge in [0, 0.05) is 56.6 Å². The lowest BCUT2D eigenvalue weighted by Crippen LogP contribution is -2.11. The van der Waals surface area contributed by atoms with Gasteiger partial charge in [0.05, 0.1) is 5.69 Å². The first-order chi connectivity index (χ1) is 25.3. The quantitative estimate of drug-likeness (QED) is 0.178. The van der Waals surface area contributed by atoms with Gasteiger partial charge in [-0.3, -0.25) is 9.97 Å². The molecule has 0 aliphatic rings. The minimum absolute atomic E-state index is 0.793. The fourth-order valence-electron chi connectivity index (χ4n) is 7.21. The van der Waals surface area contributed by atoms with Crippen LogP contribution in [0, 0.1) is 0 Å². The van der Waals surface area contributed by atoms with Crippen LogP contribution >= 0.6 is 0 Å². The maximum absolute atomic E-state index is 6.33. The number of rotatable bonds is 6. The molecule has 10 rings (SSSR count). The molecular weight excluding hydrogens is 627 g/mol. The van der Waals surface area contributed by atoms with Crippen molar-refractivity contribution in [3.8, 4) is 33.5 Å². The van der Waals surface area contributed by atoms with E-state index in [0.29, 0.717) is 0 Å². The largest absolute Gasteiger partial charge is 0.454 e. The highest BCUT2D eigenvalue weighted by molar-refractivity contribution is 6.09. The second-order valence-corrected chi connectivity index (χ2v) is 12.6. The Kier molecular flexibility index (Phi) is 6.74. The van der Waals surface area contributed by atoms with Gasteiger partial charge in [-0.05, 0) is 71.8 Å². The van der Waals surface area contributed by atoms with Crippen LogP contribution in [-0.4, -0.2) is 9.97 Å². The third kappa shape index (κ3) is 4.86. The van der Waals surface area contributed by atoms with E-state index in [1.165, 1.54) is 0 Å². The van der Waals surface area contributed by atoms with Crippen LogP contribution in [0.4, 0.5) is 17.1 Å². The first kappa shape index (κ1) is 29.0. The molecule has 4 aromatic heterocycles. The molecule has 0 aliphatic carbocycles. The summed E-state index contributed by atoms with van der Waals surface area (Å²) in [4.78, 5) is 11.7. The number of nitrogens with zero attached hydrogens (tertiary/aromatic N) is 3. The minimum Gasteiger partial charge on any atom is -0.454 e. The summed E-state index contributed by atoms with van der Waals surface area (Å²) < 4.78 is 12.7. The van der Waals surface area contributed by atoms with Gasteiger partial charge in [0.25, 0.3) is 0 Å². The van der Waals surface area contributed by atoms with Gasteiger partial charge in [0.2, 0.25) is 0 Å². The van der Waals surface area contributed by atoms with Crippen LogP contribution < -0.4 is 4.90 Å². The van der Waals surface area contributed by atoms with Gasteiger partial charge in [-0.15, -0.1) is 0 Å². The maximum Gasteiger partial charge on any atom is 0.161 e. The van der Waals surface area contributed by atoms with E-state index >= 15 is 0 Å². The van der Waals surface area contributed by atoms with Crippen molar-refractivity contribution in [1.82, 2.24) is 9.97 Å². The molecule has 0 spiro atoms. The number of hydrogen-bond acceptors (Lipinski definition) is 5. The number of benzene rings is 6. The Morgan fingerprint density at radius 2 is 0.980 bits per heavy atom.